The molecule has 0 saturated carbocycles. The Labute approximate surface area is 70.2 Å². The van der Waals surface area contributed by atoms with E-state index >= 15 is 0 Å². The lowest BCUT2D eigenvalue weighted by molar-refractivity contribution is -0.121. The van der Waals surface area contributed by atoms with Gasteiger partial charge in [0.05, 0.1) is 0 Å². The third-order valence-electron chi connectivity index (χ3n) is 1.93. The zero-order valence-corrected chi connectivity index (χ0v) is 8.40. The summed E-state index contributed by atoms with van der Waals surface area (Å²) in [6.45, 7) is 10.3. The largest absolute Gasteiger partial charge is 0.300 e. The van der Waals surface area contributed by atoms with Crippen LogP contribution >= 0.6 is 0 Å². The van der Waals surface area contributed by atoms with Gasteiger partial charge in [0, 0.05) is 5.92 Å². The van der Waals surface area contributed by atoms with Gasteiger partial charge >= 0.3 is 0 Å². The van der Waals surface area contributed by atoms with Crippen LogP contribution < -0.4 is 0 Å². The number of hydrogen-bond donors (Lipinski definition) is 0. The Balaban J connectivity index is 3.99. The number of hydrogen-bond acceptors (Lipinski definition) is 1. The van der Waals surface area contributed by atoms with Gasteiger partial charge in [-0.15, -0.1) is 0 Å². The molecule has 0 amide bonds. The number of Topliss-reactive ketones (excluding diaryl/α,β-unsaturated/α-hetero) is 1. The van der Waals surface area contributed by atoms with Crippen molar-refractivity contribution in [2.75, 3.05) is 0 Å². The average molecular weight is 156 g/mol. The zero-order chi connectivity index (χ0) is 9.07. The summed E-state index contributed by atoms with van der Waals surface area (Å²) in [7, 11) is 0. The highest BCUT2D eigenvalue weighted by atomic mass is 16.1. The molecule has 0 aliphatic heterocycles. The Morgan fingerprint density at radius 3 is 1.91 bits per heavy atom. The van der Waals surface area contributed by atoms with Gasteiger partial charge in [-0.05, 0) is 25.2 Å². The van der Waals surface area contributed by atoms with E-state index in [9.17, 15) is 4.79 Å². The van der Waals surface area contributed by atoms with Crippen LogP contribution in [0.25, 0.3) is 0 Å². The SMILES string of the molecule is CCC(CC(C)(C)C)C(C)=O. The van der Waals surface area contributed by atoms with E-state index in [4.69, 9.17) is 0 Å². The van der Waals surface area contributed by atoms with Gasteiger partial charge < -0.3 is 0 Å². The molecule has 0 rings (SSSR count). The average Bonchev–Trinajstić information content (AvgIpc) is 1.80. The maximum Gasteiger partial charge on any atom is 0.132 e. The lowest BCUT2D eigenvalue weighted by atomic mass is 9.82. The summed E-state index contributed by atoms with van der Waals surface area (Å²) in [5, 5.41) is 0. The van der Waals surface area contributed by atoms with E-state index in [1.165, 1.54) is 0 Å². The Kier molecular flexibility index (Phi) is 3.77. The number of ketones is 1. The molecule has 1 heteroatoms. The smallest absolute Gasteiger partial charge is 0.132 e. The third-order valence-corrected chi connectivity index (χ3v) is 1.93. The van der Waals surface area contributed by atoms with Crippen molar-refractivity contribution < 1.29 is 4.79 Å². The first-order valence-corrected chi connectivity index (χ1v) is 4.37. The summed E-state index contributed by atoms with van der Waals surface area (Å²) in [6.07, 6.45) is 1.99. The molecule has 0 aliphatic carbocycles. The fourth-order valence-corrected chi connectivity index (χ4v) is 1.31. The Bertz CT molecular complexity index is 130. The van der Waals surface area contributed by atoms with Gasteiger partial charge in [0.15, 0.2) is 0 Å². The van der Waals surface area contributed by atoms with Gasteiger partial charge in [0.1, 0.15) is 5.78 Å². The third kappa shape index (κ3) is 5.00. The Hall–Kier alpha value is -0.330. The molecule has 0 bridgehead atoms. The van der Waals surface area contributed by atoms with Crippen molar-refractivity contribution in [2.24, 2.45) is 11.3 Å². The molecule has 0 fully saturated rings. The molecule has 1 unspecified atom stereocenters. The molecular formula is C10H20O. The highest BCUT2D eigenvalue weighted by Crippen LogP contribution is 2.26. The summed E-state index contributed by atoms with van der Waals surface area (Å²) in [4.78, 5) is 11.1. The van der Waals surface area contributed by atoms with Crippen molar-refractivity contribution >= 4 is 5.78 Å². The predicted molar refractivity (Wildman–Crippen MR) is 48.5 cm³/mol. The van der Waals surface area contributed by atoms with E-state index in [2.05, 4.69) is 27.7 Å². The number of carbonyl (C=O) groups excluding carboxylic acids is 1. The molecular weight excluding hydrogens is 136 g/mol. The van der Waals surface area contributed by atoms with Crippen molar-refractivity contribution in [3.63, 3.8) is 0 Å². The Morgan fingerprint density at radius 1 is 1.36 bits per heavy atom. The molecule has 1 nitrogen and oxygen atoms in total. The van der Waals surface area contributed by atoms with Crippen LogP contribution in [0.15, 0.2) is 0 Å². The molecule has 0 spiro atoms. The van der Waals surface area contributed by atoms with E-state index in [1.54, 1.807) is 6.92 Å². The molecule has 0 N–H and O–H groups in total. The van der Waals surface area contributed by atoms with Crippen molar-refractivity contribution in [1.82, 2.24) is 0 Å². The lowest BCUT2D eigenvalue weighted by Gasteiger charge is -2.23. The van der Waals surface area contributed by atoms with E-state index in [1.807, 2.05) is 0 Å². The van der Waals surface area contributed by atoms with E-state index < -0.39 is 0 Å². The zero-order valence-electron chi connectivity index (χ0n) is 8.40. The molecule has 0 radical (unpaired) electrons. The fraction of sp³-hybridized carbons (Fsp3) is 0.900. The van der Waals surface area contributed by atoms with Crippen LogP contribution in [0.5, 0.6) is 0 Å². The second-order valence-electron chi connectivity index (χ2n) is 4.48. The van der Waals surface area contributed by atoms with E-state index in [-0.39, 0.29) is 11.3 Å². The van der Waals surface area contributed by atoms with Gasteiger partial charge in [0.25, 0.3) is 0 Å². The molecule has 0 aromatic carbocycles. The molecule has 66 valence electrons. The molecule has 0 aliphatic rings. The molecule has 0 saturated heterocycles. The molecule has 1 atom stereocenters. The second-order valence-corrected chi connectivity index (χ2v) is 4.48. The van der Waals surface area contributed by atoms with Crippen LogP contribution in [0.3, 0.4) is 0 Å². The summed E-state index contributed by atoms with van der Waals surface area (Å²) in [5.41, 5.74) is 0.284. The second kappa shape index (κ2) is 3.89. The summed E-state index contributed by atoms with van der Waals surface area (Å²) in [5.74, 6) is 0.609. The predicted octanol–water partition coefficient (Wildman–Crippen LogP) is 3.04. The minimum absolute atomic E-state index is 0.273. The van der Waals surface area contributed by atoms with Crippen LogP contribution in [0.4, 0.5) is 0 Å². The van der Waals surface area contributed by atoms with Crippen LogP contribution in [0, 0.1) is 11.3 Å². The maximum atomic E-state index is 11.1. The van der Waals surface area contributed by atoms with Crippen molar-refractivity contribution in [3.8, 4) is 0 Å². The van der Waals surface area contributed by atoms with E-state index in [0.29, 0.717) is 5.78 Å². The minimum atomic E-state index is 0.273. The van der Waals surface area contributed by atoms with Crippen molar-refractivity contribution in [3.05, 3.63) is 0 Å². The lowest BCUT2D eigenvalue weighted by Crippen LogP contribution is -2.18. The van der Waals surface area contributed by atoms with Crippen LogP contribution in [-0.4, -0.2) is 5.78 Å². The quantitative estimate of drug-likeness (QED) is 0.614. The van der Waals surface area contributed by atoms with Crippen LogP contribution in [-0.2, 0) is 4.79 Å². The van der Waals surface area contributed by atoms with Gasteiger partial charge in [-0.2, -0.15) is 0 Å². The molecule has 0 aromatic heterocycles. The normalized spacial score (nSPS) is 14.6. The molecule has 0 heterocycles. The number of rotatable bonds is 3. The standard InChI is InChI=1S/C10H20O/c1-6-9(8(2)11)7-10(3,4)5/h9H,6-7H2,1-5H3. The topological polar surface area (TPSA) is 17.1 Å². The van der Waals surface area contributed by atoms with Crippen LogP contribution in [0.1, 0.15) is 47.5 Å². The molecule has 11 heavy (non-hydrogen) atoms. The van der Waals surface area contributed by atoms with Gasteiger partial charge in [0.2, 0.25) is 0 Å². The van der Waals surface area contributed by atoms with Gasteiger partial charge in [-0.25, -0.2) is 0 Å². The first kappa shape index (κ1) is 10.7. The number of carbonyl (C=O) groups is 1. The minimum Gasteiger partial charge on any atom is -0.300 e. The first-order chi connectivity index (χ1) is 4.87. The van der Waals surface area contributed by atoms with Crippen molar-refractivity contribution in [2.45, 2.75) is 47.5 Å². The summed E-state index contributed by atoms with van der Waals surface area (Å²) in [6, 6.07) is 0. The highest BCUT2D eigenvalue weighted by molar-refractivity contribution is 5.78. The fourth-order valence-electron chi connectivity index (χ4n) is 1.31. The van der Waals surface area contributed by atoms with Gasteiger partial charge in [-0.1, -0.05) is 27.7 Å². The first-order valence-electron chi connectivity index (χ1n) is 4.37. The summed E-state index contributed by atoms with van der Waals surface area (Å²) < 4.78 is 0. The summed E-state index contributed by atoms with van der Waals surface area (Å²) >= 11 is 0. The van der Waals surface area contributed by atoms with E-state index in [0.717, 1.165) is 12.8 Å². The monoisotopic (exact) mass is 156 g/mol. The highest BCUT2D eigenvalue weighted by Gasteiger charge is 2.20. The Morgan fingerprint density at radius 2 is 1.82 bits per heavy atom. The molecule has 0 aromatic rings. The van der Waals surface area contributed by atoms with Crippen molar-refractivity contribution in [1.29, 1.82) is 0 Å². The van der Waals surface area contributed by atoms with Crippen LogP contribution in [0.2, 0.25) is 0 Å². The van der Waals surface area contributed by atoms with Gasteiger partial charge in [-0.3, -0.25) is 4.79 Å². The maximum absolute atomic E-state index is 11.1.